The predicted molar refractivity (Wildman–Crippen MR) is 92.6 cm³/mol. The fraction of sp³-hybridized carbons (Fsp3) is 0.0526. The fourth-order valence-electron chi connectivity index (χ4n) is 2.46. The van der Waals surface area contributed by atoms with Crippen molar-refractivity contribution < 1.29 is 9.53 Å². The Hall–Kier alpha value is -3.14. The molecule has 0 spiro atoms. The third kappa shape index (κ3) is 2.92. The van der Waals surface area contributed by atoms with E-state index in [-0.39, 0.29) is 5.91 Å². The Morgan fingerprint density at radius 2 is 2.04 bits per heavy atom. The maximum absolute atomic E-state index is 11.9. The smallest absolute Gasteiger partial charge is 0.247 e. The summed E-state index contributed by atoms with van der Waals surface area (Å²) in [6.45, 7) is 3.52. The number of fused-ring (bicyclic) bond motifs is 1. The number of aromatic nitrogens is 1. The van der Waals surface area contributed by atoms with Gasteiger partial charge in [0.05, 0.1) is 18.3 Å². The van der Waals surface area contributed by atoms with Crippen molar-refractivity contribution in [3.63, 3.8) is 0 Å². The van der Waals surface area contributed by atoms with Gasteiger partial charge in [-0.25, -0.2) is 0 Å². The zero-order chi connectivity index (χ0) is 16.2. The third-order valence-electron chi connectivity index (χ3n) is 3.59. The lowest BCUT2D eigenvalue weighted by Gasteiger charge is -2.14. The van der Waals surface area contributed by atoms with Crippen LogP contribution in [0, 0.1) is 0 Å². The molecule has 4 nitrogen and oxygen atoms in total. The minimum atomic E-state index is -0.259. The maximum atomic E-state index is 11.9. The van der Waals surface area contributed by atoms with Gasteiger partial charge < -0.3 is 10.1 Å². The second-order valence-corrected chi connectivity index (χ2v) is 4.99. The van der Waals surface area contributed by atoms with E-state index in [1.54, 1.807) is 13.3 Å². The highest BCUT2D eigenvalue weighted by atomic mass is 16.5. The van der Waals surface area contributed by atoms with Gasteiger partial charge in [-0.2, -0.15) is 0 Å². The van der Waals surface area contributed by atoms with E-state index in [0.717, 1.165) is 27.8 Å². The number of hydrogen-bond acceptors (Lipinski definition) is 3. The van der Waals surface area contributed by atoms with Crippen LogP contribution in [0.15, 0.2) is 67.4 Å². The maximum Gasteiger partial charge on any atom is 0.247 e. The molecule has 1 heterocycles. The molecule has 23 heavy (non-hydrogen) atoms. The van der Waals surface area contributed by atoms with Gasteiger partial charge in [0.2, 0.25) is 5.91 Å². The molecule has 1 N–H and O–H groups in total. The Morgan fingerprint density at radius 1 is 1.22 bits per heavy atom. The lowest BCUT2D eigenvalue weighted by atomic mass is 10.0. The summed E-state index contributed by atoms with van der Waals surface area (Å²) in [5.41, 5.74) is 3.28. The Balaban J connectivity index is 2.24. The third-order valence-corrected chi connectivity index (χ3v) is 3.59. The van der Waals surface area contributed by atoms with E-state index in [1.807, 2.05) is 48.5 Å². The van der Waals surface area contributed by atoms with Crippen LogP contribution < -0.4 is 10.1 Å². The SMILES string of the molecule is C=CC(=O)Nc1c(-c2cccc(OC)c2)cnc2ccccc12. The molecule has 0 saturated heterocycles. The van der Waals surface area contributed by atoms with Gasteiger partial charge in [-0.05, 0) is 29.8 Å². The van der Waals surface area contributed by atoms with Crippen molar-refractivity contribution in [3.8, 4) is 16.9 Å². The molecule has 2 aromatic carbocycles. The highest BCUT2D eigenvalue weighted by Gasteiger charge is 2.12. The van der Waals surface area contributed by atoms with Gasteiger partial charge in [-0.3, -0.25) is 9.78 Å². The van der Waals surface area contributed by atoms with Crippen LogP contribution in [0.3, 0.4) is 0 Å². The molecular formula is C19H16N2O2. The number of carbonyl (C=O) groups excluding carboxylic acids is 1. The number of nitrogens with one attached hydrogen (secondary N) is 1. The number of para-hydroxylation sites is 1. The van der Waals surface area contributed by atoms with E-state index < -0.39 is 0 Å². The molecular weight excluding hydrogens is 288 g/mol. The number of amides is 1. The molecule has 0 unspecified atom stereocenters. The molecule has 0 radical (unpaired) electrons. The van der Waals surface area contributed by atoms with Crippen LogP contribution in [0.25, 0.3) is 22.0 Å². The summed E-state index contributed by atoms with van der Waals surface area (Å²) in [7, 11) is 1.62. The molecule has 0 fully saturated rings. The summed E-state index contributed by atoms with van der Waals surface area (Å²) in [5.74, 6) is 0.488. The van der Waals surface area contributed by atoms with Crippen LogP contribution in [0.5, 0.6) is 5.75 Å². The second-order valence-electron chi connectivity index (χ2n) is 4.99. The number of benzene rings is 2. The highest BCUT2D eigenvalue weighted by Crippen LogP contribution is 2.34. The van der Waals surface area contributed by atoms with Gasteiger partial charge in [-0.1, -0.05) is 36.9 Å². The van der Waals surface area contributed by atoms with Crippen molar-refractivity contribution in [1.82, 2.24) is 4.98 Å². The van der Waals surface area contributed by atoms with E-state index in [2.05, 4.69) is 16.9 Å². The first-order valence-electron chi connectivity index (χ1n) is 7.18. The molecule has 1 aromatic heterocycles. The van der Waals surface area contributed by atoms with Crippen molar-refractivity contribution in [2.75, 3.05) is 12.4 Å². The summed E-state index contributed by atoms with van der Waals surface area (Å²) in [5, 5.41) is 3.78. The summed E-state index contributed by atoms with van der Waals surface area (Å²) in [6.07, 6.45) is 3.01. The molecule has 0 aliphatic carbocycles. The van der Waals surface area contributed by atoms with E-state index in [9.17, 15) is 4.79 Å². The molecule has 0 aliphatic heterocycles. The lowest BCUT2D eigenvalue weighted by Crippen LogP contribution is -2.09. The normalized spacial score (nSPS) is 10.3. The van der Waals surface area contributed by atoms with Gasteiger partial charge >= 0.3 is 0 Å². The van der Waals surface area contributed by atoms with Gasteiger partial charge in [0.1, 0.15) is 5.75 Å². The molecule has 0 aliphatic rings. The van der Waals surface area contributed by atoms with E-state index in [4.69, 9.17) is 4.74 Å². The van der Waals surface area contributed by atoms with Crippen LogP contribution in [-0.2, 0) is 4.79 Å². The lowest BCUT2D eigenvalue weighted by molar-refractivity contribution is -0.111. The van der Waals surface area contributed by atoms with E-state index in [0.29, 0.717) is 5.69 Å². The number of anilines is 1. The van der Waals surface area contributed by atoms with Crippen molar-refractivity contribution in [1.29, 1.82) is 0 Å². The van der Waals surface area contributed by atoms with E-state index >= 15 is 0 Å². The Bertz CT molecular complexity index is 887. The van der Waals surface area contributed by atoms with Crippen molar-refractivity contribution in [2.45, 2.75) is 0 Å². The quantitative estimate of drug-likeness (QED) is 0.740. The average molecular weight is 304 g/mol. The first kappa shape index (κ1) is 14.8. The molecule has 0 atom stereocenters. The zero-order valence-corrected chi connectivity index (χ0v) is 12.7. The number of pyridine rings is 1. The summed E-state index contributed by atoms with van der Waals surface area (Å²) < 4.78 is 5.28. The fourth-order valence-corrected chi connectivity index (χ4v) is 2.46. The number of hydrogen-bond donors (Lipinski definition) is 1. The van der Waals surface area contributed by atoms with Gasteiger partial charge in [0, 0.05) is 17.1 Å². The molecule has 0 bridgehead atoms. The van der Waals surface area contributed by atoms with Crippen LogP contribution in [0.1, 0.15) is 0 Å². The predicted octanol–water partition coefficient (Wildman–Crippen LogP) is 4.03. The monoisotopic (exact) mass is 304 g/mol. The highest BCUT2D eigenvalue weighted by molar-refractivity contribution is 6.09. The number of ether oxygens (including phenoxy) is 1. The topological polar surface area (TPSA) is 51.2 Å². The van der Waals surface area contributed by atoms with Crippen molar-refractivity contribution in [2.24, 2.45) is 0 Å². The molecule has 0 saturated carbocycles. The minimum absolute atomic E-state index is 0.259. The Labute approximate surface area is 134 Å². The molecule has 3 rings (SSSR count). The van der Waals surface area contributed by atoms with Gasteiger partial charge in [0.25, 0.3) is 0 Å². The number of methoxy groups -OCH3 is 1. The Morgan fingerprint density at radius 3 is 2.83 bits per heavy atom. The van der Waals surface area contributed by atoms with Crippen molar-refractivity contribution >= 4 is 22.5 Å². The van der Waals surface area contributed by atoms with Gasteiger partial charge in [0.15, 0.2) is 0 Å². The van der Waals surface area contributed by atoms with Crippen LogP contribution >= 0.6 is 0 Å². The summed E-state index contributed by atoms with van der Waals surface area (Å²) in [4.78, 5) is 16.3. The first-order valence-corrected chi connectivity index (χ1v) is 7.18. The molecule has 1 amide bonds. The number of rotatable bonds is 4. The molecule has 3 aromatic rings. The number of carbonyl (C=O) groups is 1. The first-order chi connectivity index (χ1) is 11.2. The second kappa shape index (κ2) is 6.32. The number of nitrogens with zero attached hydrogens (tertiary/aromatic N) is 1. The summed E-state index contributed by atoms with van der Waals surface area (Å²) in [6, 6.07) is 15.3. The molecule has 114 valence electrons. The van der Waals surface area contributed by atoms with Crippen LogP contribution in [0.2, 0.25) is 0 Å². The van der Waals surface area contributed by atoms with E-state index in [1.165, 1.54) is 6.08 Å². The minimum Gasteiger partial charge on any atom is -0.497 e. The summed E-state index contributed by atoms with van der Waals surface area (Å²) >= 11 is 0. The standard InChI is InChI=1S/C19H16N2O2/c1-3-18(22)21-19-15-9-4-5-10-17(15)20-12-16(19)13-7-6-8-14(11-13)23-2/h3-12H,1H2,2H3,(H,20,21,22). The Kier molecular flexibility index (Phi) is 4.06. The largest absolute Gasteiger partial charge is 0.497 e. The van der Waals surface area contributed by atoms with Gasteiger partial charge in [-0.15, -0.1) is 0 Å². The van der Waals surface area contributed by atoms with Crippen molar-refractivity contribution in [3.05, 3.63) is 67.4 Å². The van der Waals surface area contributed by atoms with Crippen LogP contribution in [-0.4, -0.2) is 18.0 Å². The average Bonchev–Trinajstić information content (AvgIpc) is 2.61. The van der Waals surface area contributed by atoms with Crippen LogP contribution in [0.4, 0.5) is 5.69 Å². The zero-order valence-electron chi connectivity index (χ0n) is 12.7. The molecule has 4 heteroatoms.